The van der Waals surface area contributed by atoms with Crippen molar-refractivity contribution in [3.8, 4) is 0 Å². The molecule has 0 spiro atoms. The summed E-state index contributed by atoms with van der Waals surface area (Å²) in [6.07, 6.45) is 0.464. The van der Waals surface area contributed by atoms with Crippen LogP contribution in [-0.2, 0) is 4.74 Å². The van der Waals surface area contributed by atoms with Gasteiger partial charge in [0.1, 0.15) is 18.3 Å². The maximum Gasteiger partial charge on any atom is 0.414 e. The van der Waals surface area contributed by atoms with Gasteiger partial charge in [0.05, 0.1) is 31.1 Å². The zero-order chi connectivity index (χ0) is 16.4. The Kier molecular flexibility index (Phi) is 4.33. The van der Waals surface area contributed by atoms with Gasteiger partial charge in [0.25, 0.3) is 0 Å². The van der Waals surface area contributed by atoms with Crippen LogP contribution >= 0.6 is 0 Å². The lowest BCUT2D eigenvalue weighted by molar-refractivity contribution is 0.0963. The Labute approximate surface area is 133 Å². The Bertz CT molecular complexity index is 625. The number of benzene rings is 1. The lowest BCUT2D eigenvalue weighted by atomic mass is 10.2. The first-order chi connectivity index (χ1) is 11.1. The van der Waals surface area contributed by atoms with Gasteiger partial charge in [-0.15, -0.1) is 0 Å². The molecule has 7 nitrogen and oxygen atoms in total. The van der Waals surface area contributed by atoms with Crippen molar-refractivity contribution in [2.45, 2.75) is 13.0 Å². The highest BCUT2D eigenvalue weighted by atomic mass is 19.1. The third kappa shape index (κ3) is 3.07. The summed E-state index contributed by atoms with van der Waals surface area (Å²) in [6, 6.07) is 4.59. The molecule has 1 fully saturated rings. The van der Waals surface area contributed by atoms with Crippen LogP contribution in [0.5, 0.6) is 0 Å². The quantitative estimate of drug-likeness (QED) is 0.903. The van der Waals surface area contributed by atoms with Crippen LogP contribution in [0.1, 0.15) is 6.92 Å². The minimum Gasteiger partial charge on any atom is -0.441 e. The molecule has 8 heteroatoms. The maximum absolute atomic E-state index is 14.4. The summed E-state index contributed by atoms with van der Waals surface area (Å²) in [5.41, 5.74) is 0.829. The van der Waals surface area contributed by atoms with E-state index in [4.69, 9.17) is 9.84 Å². The summed E-state index contributed by atoms with van der Waals surface area (Å²) in [5, 5.41) is 15.2. The van der Waals surface area contributed by atoms with E-state index in [1.165, 1.54) is 11.0 Å². The highest BCUT2D eigenvalue weighted by molar-refractivity contribution is 5.90. The van der Waals surface area contributed by atoms with Crippen LogP contribution in [0.4, 0.5) is 20.6 Å². The first-order valence-electron chi connectivity index (χ1n) is 7.56. The molecule has 1 aromatic rings. The Balaban J connectivity index is 1.78. The fourth-order valence-corrected chi connectivity index (χ4v) is 2.62. The number of carbonyl (C=O) groups is 1. The molecule has 1 saturated heterocycles. The second kappa shape index (κ2) is 6.41. The molecule has 0 unspecified atom stereocenters. The molecule has 23 heavy (non-hydrogen) atoms. The van der Waals surface area contributed by atoms with E-state index in [0.717, 1.165) is 13.1 Å². The lowest BCUT2D eigenvalue weighted by Crippen LogP contribution is -2.38. The van der Waals surface area contributed by atoms with E-state index in [2.05, 4.69) is 5.10 Å². The topological polar surface area (TPSA) is 68.6 Å². The van der Waals surface area contributed by atoms with Gasteiger partial charge in [-0.1, -0.05) is 0 Å². The zero-order valence-corrected chi connectivity index (χ0v) is 12.9. The number of anilines is 2. The number of nitrogens with zero attached hydrogens (tertiary/aromatic N) is 4. The smallest absolute Gasteiger partial charge is 0.414 e. The number of ether oxygens (including phenoxy) is 1. The van der Waals surface area contributed by atoms with E-state index in [-0.39, 0.29) is 13.2 Å². The second-order valence-electron chi connectivity index (χ2n) is 5.41. The molecule has 2 aliphatic rings. The number of cyclic esters (lactones) is 1. The largest absolute Gasteiger partial charge is 0.441 e. The number of hydrogen-bond donors (Lipinski definition) is 1. The van der Waals surface area contributed by atoms with Gasteiger partial charge in [-0.05, 0) is 25.1 Å². The van der Waals surface area contributed by atoms with Crippen LogP contribution < -0.4 is 9.80 Å². The fourth-order valence-electron chi connectivity index (χ4n) is 2.62. The first kappa shape index (κ1) is 15.5. The Morgan fingerprint density at radius 3 is 2.83 bits per heavy atom. The van der Waals surface area contributed by atoms with Gasteiger partial charge in [0.15, 0.2) is 0 Å². The number of aliphatic hydroxyl groups excluding tert-OH is 1. The molecule has 3 rings (SSSR count). The number of carbonyl (C=O) groups excluding carboxylic acids is 1. The van der Waals surface area contributed by atoms with Crippen LogP contribution in [-0.4, -0.2) is 61.4 Å². The highest BCUT2D eigenvalue weighted by Gasteiger charge is 2.32. The van der Waals surface area contributed by atoms with Gasteiger partial charge in [-0.25, -0.2) is 9.18 Å². The zero-order valence-electron chi connectivity index (χ0n) is 12.9. The van der Waals surface area contributed by atoms with Gasteiger partial charge < -0.3 is 14.7 Å². The molecule has 124 valence electrons. The molecule has 1 atom stereocenters. The number of rotatable bonds is 4. The molecule has 0 aliphatic carbocycles. The van der Waals surface area contributed by atoms with E-state index in [1.54, 1.807) is 23.4 Å². The average Bonchev–Trinajstić information content (AvgIpc) is 2.96. The van der Waals surface area contributed by atoms with Crippen molar-refractivity contribution in [1.82, 2.24) is 5.01 Å². The Morgan fingerprint density at radius 2 is 2.26 bits per heavy atom. The van der Waals surface area contributed by atoms with E-state index in [0.29, 0.717) is 17.9 Å². The normalized spacial score (nSPS) is 21.1. The first-order valence-corrected chi connectivity index (χ1v) is 7.56. The number of hydrazone groups is 1. The van der Waals surface area contributed by atoms with Crippen LogP contribution in [0, 0.1) is 5.82 Å². The molecule has 2 heterocycles. The van der Waals surface area contributed by atoms with E-state index in [1.807, 2.05) is 11.9 Å². The molecule has 0 aromatic heterocycles. The SMILES string of the molecule is CCN1CCN(c2ccc(N3C[C@H](CO)OC3=O)cc2F)C=N1. The average molecular weight is 322 g/mol. The lowest BCUT2D eigenvalue weighted by Gasteiger charge is -2.29. The molecule has 0 bridgehead atoms. The number of amides is 1. The molecule has 1 amide bonds. The van der Waals surface area contributed by atoms with Crippen molar-refractivity contribution in [2.75, 3.05) is 42.6 Å². The molecule has 0 radical (unpaired) electrons. The third-order valence-corrected chi connectivity index (χ3v) is 3.95. The number of hydrogen-bond acceptors (Lipinski definition) is 6. The molecule has 1 N–H and O–H groups in total. The Hall–Kier alpha value is -2.35. The predicted molar refractivity (Wildman–Crippen MR) is 84.2 cm³/mol. The van der Waals surface area contributed by atoms with Crippen LogP contribution in [0.2, 0.25) is 0 Å². The number of likely N-dealkylation sites (N-methyl/N-ethyl adjacent to an activating group) is 1. The van der Waals surface area contributed by atoms with E-state index < -0.39 is 18.0 Å². The fraction of sp³-hybridized carbons (Fsp3) is 0.467. The summed E-state index contributed by atoms with van der Waals surface area (Å²) in [7, 11) is 0. The maximum atomic E-state index is 14.4. The summed E-state index contributed by atoms with van der Waals surface area (Å²) >= 11 is 0. The van der Waals surface area contributed by atoms with Crippen LogP contribution in [0.15, 0.2) is 23.3 Å². The van der Waals surface area contributed by atoms with Gasteiger partial charge >= 0.3 is 6.09 Å². The number of halogens is 1. The standard InChI is InChI=1S/C15H19FN4O3/c1-2-19-6-5-18(10-17-19)14-4-3-11(7-13(14)16)20-8-12(9-21)23-15(20)22/h3-4,7,10,12,21H,2,5-6,8-9H2,1H3/t12-/m1/s1. The molecule has 0 saturated carbocycles. The summed E-state index contributed by atoms with van der Waals surface area (Å²) in [5.74, 6) is -0.431. The number of aliphatic hydroxyl groups is 1. The minimum atomic E-state index is -0.575. The summed E-state index contributed by atoms with van der Waals surface area (Å²) in [6.45, 7) is 4.16. The van der Waals surface area contributed by atoms with Crippen molar-refractivity contribution >= 4 is 23.8 Å². The van der Waals surface area contributed by atoms with Crippen LogP contribution in [0.3, 0.4) is 0 Å². The van der Waals surface area contributed by atoms with Crippen molar-refractivity contribution in [3.63, 3.8) is 0 Å². The molecule has 2 aliphatic heterocycles. The molecular weight excluding hydrogens is 303 g/mol. The predicted octanol–water partition coefficient (Wildman–Crippen LogP) is 1.23. The van der Waals surface area contributed by atoms with Crippen molar-refractivity contribution in [3.05, 3.63) is 24.0 Å². The van der Waals surface area contributed by atoms with Gasteiger partial charge in [-0.3, -0.25) is 9.91 Å². The van der Waals surface area contributed by atoms with E-state index in [9.17, 15) is 9.18 Å². The van der Waals surface area contributed by atoms with Gasteiger partial charge in [0, 0.05) is 13.1 Å². The highest BCUT2D eigenvalue weighted by Crippen LogP contribution is 2.28. The molecular formula is C15H19FN4O3. The van der Waals surface area contributed by atoms with Crippen molar-refractivity contribution in [1.29, 1.82) is 0 Å². The van der Waals surface area contributed by atoms with Gasteiger partial charge in [-0.2, -0.15) is 5.10 Å². The molecule has 1 aromatic carbocycles. The van der Waals surface area contributed by atoms with E-state index >= 15 is 0 Å². The van der Waals surface area contributed by atoms with Crippen molar-refractivity contribution < 1.29 is 19.0 Å². The monoisotopic (exact) mass is 322 g/mol. The van der Waals surface area contributed by atoms with Crippen LogP contribution in [0.25, 0.3) is 0 Å². The third-order valence-electron chi connectivity index (χ3n) is 3.95. The summed E-state index contributed by atoms with van der Waals surface area (Å²) in [4.78, 5) is 14.8. The minimum absolute atomic E-state index is 0.213. The Morgan fingerprint density at radius 1 is 1.43 bits per heavy atom. The second-order valence-corrected chi connectivity index (χ2v) is 5.41. The van der Waals surface area contributed by atoms with Crippen molar-refractivity contribution in [2.24, 2.45) is 5.10 Å². The summed E-state index contributed by atoms with van der Waals surface area (Å²) < 4.78 is 19.4. The van der Waals surface area contributed by atoms with Gasteiger partial charge in [0.2, 0.25) is 0 Å².